The number of halogens is 1. The van der Waals surface area contributed by atoms with Gasteiger partial charge >= 0.3 is 0 Å². The van der Waals surface area contributed by atoms with Crippen LogP contribution in [0.5, 0.6) is 0 Å². The molecule has 0 amide bonds. The maximum absolute atomic E-state index is 13.2. The Morgan fingerprint density at radius 1 is 1.09 bits per heavy atom. The lowest BCUT2D eigenvalue weighted by Gasteiger charge is -2.23. The predicted molar refractivity (Wildman–Crippen MR) is 82.7 cm³/mol. The zero-order valence-electron chi connectivity index (χ0n) is 12.0. The highest BCUT2D eigenvalue weighted by molar-refractivity contribution is 7.92. The van der Waals surface area contributed by atoms with Gasteiger partial charge in [0.15, 0.2) is 0 Å². The standard InChI is InChI=1S/C16H13FN2O3S/c17-13-5-7-14(8-6-13)19(12-15-3-2-10-22-15)23(20,21)16-4-1-9-18-11-16/h1-11H,12H2. The van der Waals surface area contributed by atoms with Gasteiger partial charge in [-0.2, -0.15) is 0 Å². The van der Waals surface area contributed by atoms with Crippen LogP contribution in [-0.2, 0) is 16.6 Å². The monoisotopic (exact) mass is 332 g/mol. The van der Waals surface area contributed by atoms with Crippen molar-refractivity contribution in [2.45, 2.75) is 11.4 Å². The Morgan fingerprint density at radius 2 is 1.87 bits per heavy atom. The van der Waals surface area contributed by atoms with Gasteiger partial charge in [0, 0.05) is 12.4 Å². The van der Waals surface area contributed by atoms with Crippen LogP contribution in [0, 0.1) is 5.82 Å². The van der Waals surface area contributed by atoms with Crippen LogP contribution in [0.4, 0.5) is 10.1 Å². The number of sulfonamides is 1. The zero-order valence-corrected chi connectivity index (χ0v) is 12.8. The molecular formula is C16H13FN2O3S. The summed E-state index contributed by atoms with van der Waals surface area (Å²) in [6.45, 7) is -0.00411. The molecular weight excluding hydrogens is 319 g/mol. The van der Waals surface area contributed by atoms with Gasteiger partial charge in [0.2, 0.25) is 0 Å². The van der Waals surface area contributed by atoms with E-state index in [1.54, 1.807) is 18.2 Å². The number of furan rings is 1. The molecule has 0 aliphatic carbocycles. The Labute approximate surface area is 133 Å². The predicted octanol–water partition coefficient (Wildman–Crippen LogP) is 3.21. The second kappa shape index (κ2) is 6.21. The van der Waals surface area contributed by atoms with Crippen molar-refractivity contribution in [3.8, 4) is 0 Å². The Hall–Kier alpha value is -2.67. The number of hydrogen-bond donors (Lipinski definition) is 0. The van der Waals surface area contributed by atoms with Gasteiger partial charge in [-0.05, 0) is 48.5 Å². The maximum Gasteiger partial charge on any atom is 0.266 e. The molecule has 0 aliphatic rings. The van der Waals surface area contributed by atoms with Gasteiger partial charge in [0.05, 0.1) is 18.5 Å². The fourth-order valence-electron chi connectivity index (χ4n) is 2.09. The third kappa shape index (κ3) is 3.24. The van der Waals surface area contributed by atoms with Crippen LogP contribution < -0.4 is 4.31 Å². The van der Waals surface area contributed by atoms with Crippen molar-refractivity contribution in [3.05, 3.63) is 78.8 Å². The van der Waals surface area contributed by atoms with E-state index in [2.05, 4.69) is 4.98 Å². The van der Waals surface area contributed by atoms with Crippen molar-refractivity contribution < 1.29 is 17.2 Å². The molecule has 2 aromatic heterocycles. The molecule has 118 valence electrons. The van der Waals surface area contributed by atoms with Gasteiger partial charge in [-0.15, -0.1) is 0 Å². The summed E-state index contributed by atoms with van der Waals surface area (Å²) in [5, 5.41) is 0. The molecule has 23 heavy (non-hydrogen) atoms. The highest BCUT2D eigenvalue weighted by atomic mass is 32.2. The largest absolute Gasteiger partial charge is 0.467 e. The topological polar surface area (TPSA) is 63.4 Å². The molecule has 0 fully saturated rings. The first-order valence-corrected chi connectivity index (χ1v) is 8.22. The van der Waals surface area contributed by atoms with Gasteiger partial charge in [0.25, 0.3) is 10.0 Å². The third-order valence-electron chi connectivity index (χ3n) is 3.22. The zero-order chi connectivity index (χ0) is 16.3. The van der Waals surface area contributed by atoms with Crippen molar-refractivity contribution in [1.29, 1.82) is 0 Å². The molecule has 0 saturated carbocycles. The lowest BCUT2D eigenvalue weighted by Crippen LogP contribution is -2.30. The molecule has 0 saturated heterocycles. The number of anilines is 1. The van der Waals surface area contributed by atoms with E-state index in [-0.39, 0.29) is 11.4 Å². The van der Waals surface area contributed by atoms with E-state index in [1.807, 2.05) is 0 Å². The van der Waals surface area contributed by atoms with E-state index >= 15 is 0 Å². The first kappa shape index (κ1) is 15.2. The van der Waals surface area contributed by atoms with Crippen molar-refractivity contribution >= 4 is 15.7 Å². The van der Waals surface area contributed by atoms with Crippen LogP contribution in [0.1, 0.15) is 5.76 Å². The molecule has 3 rings (SSSR count). The lowest BCUT2D eigenvalue weighted by atomic mass is 10.3. The molecule has 0 atom stereocenters. The van der Waals surface area contributed by atoms with Crippen molar-refractivity contribution in [2.24, 2.45) is 0 Å². The molecule has 0 radical (unpaired) electrons. The number of pyridine rings is 1. The van der Waals surface area contributed by atoms with E-state index in [1.165, 1.54) is 49.0 Å². The summed E-state index contributed by atoms with van der Waals surface area (Å²) in [5.74, 6) is 0.0345. The first-order valence-electron chi connectivity index (χ1n) is 6.78. The Morgan fingerprint density at radius 3 is 2.48 bits per heavy atom. The van der Waals surface area contributed by atoms with E-state index in [0.29, 0.717) is 11.4 Å². The van der Waals surface area contributed by atoms with Crippen LogP contribution in [0.3, 0.4) is 0 Å². The molecule has 0 unspecified atom stereocenters. The number of hydrogen-bond acceptors (Lipinski definition) is 4. The molecule has 5 nitrogen and oxygen atoms in total. The second-order valence-corrected chi connectivity index (χ2v) is 6.62. The van der Waals surface area contributed by atoms with Crippen LogP contribution in [0.2, 0.25) is 0 Å². The van der Waals surface area contributed by atoms with Gasteiger partial charge in [0.1, 0.15) is 16.5 Å². The maximum atomic E-state index is 13.2. The first-order chi connectivity index (χ1) is 11.1. The second-order valence-electron chi connectivity index (χ2n) is 4.76. The highest BCUT2D eigenvalue weighted by Crippen LogP contribution is 2.25. The van der Waals surface area contributed by atoms with E-state index < -0.39 is 15.8 Å². The van der Waals surface area contributed by atoms with E-state index in [4.69, 9.17) is 4.42 Å². The van der Waals surface area contributed by atoms with E-state index in [0.717, 1.165) is 4.31 Å². The van der Waals surface area contributed by atoms with Crippen LogP contribution in [0.15, 0.2) is 76.5 Å². The molecule has 0 spiro atoms. The smallest absolute Gasteiger partial charge is 0.266 e. The summed E-state index contributed by atoms with van der Waals surface area (Å²) in [5.41, 5.74) is 0.339. The lowest BCUT2D eigenvalue weighted by molar-refractivity contribution is 0.508. The fourth-order valence-corrected chi connectivity index (χ4v) is 3.49. The van der Waals surface area contributed by atoms with Gasteiger partial charge in [-0.1, -0.05) is 0 Å². The summed E-state index contributed by atoms with van der Waals surface area (Å²) in [4.78, 5) is 3.90. The third-order valence-corrected chi connectivity index (χ3v) is 4.97. The minimum Gasteiger partial charge on any atom is -0.467 e. The van der Waals surface area contributed by atoms with E-state index in [9.17, 15) is 12.8 Å². The van der Waals surface area contributed by atoms with Crippen molar-refractivity contribution in [2.75, 3.05) is 4.31 Å². The Bertz CT molecular complexity index is 863. The molecule has 0 aliphatic heterocycles. The summed E-state index contributed by atoms with van der Waals surface area (Å²) < 4.78 is 45.3. The minimum atomic E-state index is -3.85. The van der Waals surface area contributed by atoms with Crippen molar-refractivity contribution in [3.63, 3.8) is 0 Å². The average Bonchev–Trinajstić information content (AvgIpc) is 3.08. The SMILES string of the molecule is O=S(=O)(c1cccnc1)N(Cc1ccco1)c1ccc(F)cc1. The van der Waals surface area contributed by atoms with Crippen LogP contribution in [0.25, 0.3) is 0 Å². The number of aromatic nitrogens is 1. The molecule has 0 N–H and O–H groups in total. The highest BCUT2D eigenvalue weighted by Gasteiger charge is 2.26. The number of benzene rings is 1. The molecule has 7 heteroatoms. The van der Waals surface area contributed by atoms with Gasteiger partial charge < -0.3 is 4.42 Å². The number of nitrogens with zero attached hydrogens (tertiary/aromatic N) is 2. The summed E-state index contributed by atoms with van der Waals surface area (Å²) in [6, 6.07) is 11.6. The normalized spacial score (nSPS) is 11.3. The van der Waals surface area contributed by atoms with Crippen LogP contribution in [-0.4, -0.2) is 13.4 Å². The Balaban J connectivity index is 2.06. The quantitative estimate of drug-likeness (QED) is 0.720. The van der Waals surface area contributed by atoms with Gasteiger partial charge in [-0.3, -0.25) is 9.29 Å². The van der Waals surface area contributed by atoms with Crippen LogP contribution >= 0.6 is 0 Å². The number of rotatable bonds is 5. The fraction of sp³-hybridized carbons (Fsp3) is 0.0625. The molecule has 0 bridgehead atoms. The summed E-state index contributed by atoms with van der Waals surface area (Å²) in [6.07, 6.45) is 4.23. The van der Waals surface area contributed by atoms with Crippen molar-refractivity contribution in [1.82, 2.24) is 4.98 Å². The Kier molecular flexibility index (Phi) is 4.12. The molecule has 3 aromatic rings. The minimum absolute atomic E-state index is 0.00411. The summed E-state index contributed by atoms with van der Waals surface area (Å²) in [7, 11) is -3.85. The van der Waals surface area contributed by atoms with Gasteiger partial charge in [-0.25, -0.2) is 12.8 Å². The average molecular weight is 332 g/mol. The molecule has 1 aromatic carbocycles. The molecule has 2 heterocycles. The summed E-state index contributed by atoms with van der Waals surface area (Å²) >= 11 is 0.